The summed E-state index contributed by atoms with van der Waals surface area (Å²) in [5, 5.41) is 2.48. The second-order valence-corrected chi connectivity index (χ2v) is 5.84. The molecule has 2 N–H and O–H groups in total. The number of halogens is 3. The number of carbonyl (C=O) groups is 1. The minimum Gasteiger partial charge on any atom is -0.495 e. The first-order valence-corrected chi connectivity index (χ1v) is 8.36. The molecule has 2 rings (SSSR count). The van der Waals surface area contributed by atoms with Gasteiger partial charge in [-0.2, -0.15) is 0 Å². The Kier molecular flexibility index (Phi) is 6.29. The summed E-state index contributed by atoms with van der Waals surface area (Å²) in [4.78, 5) is 12.1. The van der Waals surface area contributed by atoms with E-state index in [9.17, 15) is 22.3 Å². The van der Waals surface area contributed by atoms with Gasteiger partial charge in [-0.25, -0.2) is 13.0 Å². The number of hydrogen-bond donors (Lipinski definition) is 2. The van der Waals surface area contributed by atoms with Crippen LogP contribution < -0.4 is 14.4 Å². The van der Waals surface area contributed by atoms with Gasteiger partial charge in [0.15, 0.2) is 11.6 Å². The summed E-state index contributed by atoms with van der Waals surface area (Å²) < 4.78 is 52.8. The predicted molar refractivity (Wildman–Crippen MR) is 91.3 cm³/mol. The van der Waals surface area contributed by atoms with Gasteiger partial charge in [0, 0.05) is 11.3 Å². The summed E-state index contributed by atoms with van der Waals surface area (Å²) in [5.74, 6) is -2.63. The van der Waals surface area contributed by atoms with Crippen molar-refractivity contribution in [1.29, 1.82) is 0 Å². The van der Waals surface area contributed by atoms with Gasteiger partial charge in [-0.05, 0) is 36.4 Å². The Labute approximate surface area is 149 Å². The molecule has 0 aromatic heterocycles. The molecular formula is C15H13ClF2N2O4S. The molecule has 0 aliphatic heterocycles. The molecule has 2 aromatic rings. The van der Waals surface area contributed by atoms with E-state index in [0.717, 1.165) is 22.5 Å². The first-order chi connectivity index (χ1) is 11.9. The summed E-state index contributed by atoms with van der Waals surface area (Å²) in [6.07, 6.45) is 0. The van der Waals surface area contributed by atoms with Crippen molar-refractivity contribution >= 4 is 40.1 Å². The van der Waals surface area contributed by atoms with Crippen molar-refractivity contribution < 1.29 is 27.1 Å². The smallest absolute Gasteiger partial charge is 0.263 e. The average molecular weight is 391 g/mol. The highest BCUT2D eigenvalue weighted by Gasteiger charge is 2.18. The number of alkyl halides is 1. The standard InChI is InChI=1S/C15H13ClF2N2O4S/c1-24-14-5-3-10(7-13(14)20(8-16)25(22)23)19-15(21)9-2-4-11(17)12(18)6-9/h2-7H,8H2,1H3,(H,19,21)(H,22,23). The number of rotatable bonds is 6. The third-order valence-corrected chi connectivity index (χ3v) is 4.27. The maximum Gasteiger partial charge on any atom is 0.263 e. The lowest BCUT2D eigenvalue weighted by molar-refractivity contribution is 0.102. The van der Waals surface area contributed by atoms with Crippen LogP contribution in [0, 0.1) is 11.6 Å². The number of nitrogens with zero attached hydrogens (tertiary/aromatic N) is 1. The number of anilines is 2. The van der Waals surface area contributed by atoms with Crippen LogP contribution in [-0.4, -0.2) is 27.8 Å². The second-order valence-electron chi connectivity index (χ2n) is 4.70. The predicted octanol–water partition coefficient (Wildman–Crippen LogP) is 3.37. The molecular weight excluding hydrogens is 378 g/mol. The largest absolute Gasteiger partial charge is 0.495 e. The van der Waals surface area contributed by atoms with Crippen LogP contribution >= 0.6 is 11.6 Å². The zero-order valence-electron chi connectivity index (χ0n) is 12.8. The first kappa shape index (κ1) is 19.1. The molecule has 0 fully saturated rings. The molecule has 0 saturated heterocycles. The maximum absolute atomic E-state index is 13.2. The fourth-order valence-corrected chi connectivity index (χ4v) is 2.77. The van der Waals surface area contributed by atoms with Crippen molar-refractivity contribution in [2.75, 3.05) is 22.7 Å². The monoisotopic (exact) mass is 390 g/mol. The van der Waals surface area contributed by atoms with Crippen LogP contribution in [-0.2, 0) is 11.3 Å². The van der Waals surface area contributed by atoms with E-state index >= 15 is 0 Å². The van der Waals surface area contributed by atoms with Crippen LogP contribution in [0.1, 0.15) is 10.4 Å². The fraction of sp³-hybridized carbons (Fsp3) is 0.133. The fourth-order valence-electron chi connectivity index (χ4n) is 1.99. The van der Waals surface area contributed by atoms with Crippen molar-refractivity contribution in [1.82, 2.24) is 0 Å². The molecule has 0 bridgehead atoms. The minimum atomic E-state index is -2.41. The molecule has 0 saturated carbocycles. The summed E-state index contributed by atoms with van der Waals surface area (Å²) >= 11 is 3.25. The highest BCUT2D eigenvalue weighted by molar-refractivity contribution is 7.80. The zero-order chi connectivity index (χ0) is 18.6. The lowest BCUT2D eigenvalue weighted by Crippen LogP contribution is -2.24. The molecule has 0 heterocycles. The van der Waals surface area contributed by atoms with E-state index in [2.05, 4.69) is 5.32 Å². The molecule has 10 heteroatoms. The van der Waals surface area contributed by atoms with Crippen LogP contribution in [0.5, 0.6) is 5.75 Å². The van der Waals surface area contributed by atoms with E-state index in [1.807, 2.05) is 0 Å². The normalized spacial score (nSPS) is 11.7. The molecule has 0 spiro atoms. The maximum atomic E-state index is 13.2. The number of nitrogens with one attached hydrogen (secondary N) is 1. The summed E-state index contributed by atoms with van der Waals surface area (Å²) in [6.45, 7) is 0. The minimum absolute atomic E-state index is 0.0868. The van der Waals surface area contributed by atoms with Gasteiger partial charge in [-0.3, -0.25) is 13.7 Å². The third-order valence-electron chi connectivity index (χ3n) is 3.18. The zero-order valence-corrected chi connectivity index (χ0v) is 14.4. The number of benzene rings is 2. The quantitative estimate of drug-likeness (QED) is 0.450. The number of amides is 1. The lowest BCUT2D eigenvalue weighted by atomic mass is 10.2. The number of ether oxygens (including phenoxy) is 1. The van der Waals surface area contributed by atoms with Gasteiger partial charge in [0.1, 0.15) is 11.8 Å². The van der Waals surface area contributed by atoms with Gasteiger partial charge >= 0.3 is 0 Å². The SMILES string of the molecule is COc1ccc(NC(=O)c2ccc(F)c(F)c2)cc1N(CCl)S(=O)O. The van der Waals surface area contributed by atoms with Crippen molar-refractivity contribution in [3.05, 3.63) is 53.6 Å². The van der Waals surface area contributed by atoms with Gasteiger partial charge in [-0.15, -0.1) is 11.6 Å². The van der Waals surface area contributed by atoms with Crippen molar-refractivity contribution in [3.63, 3.8) is 0 Å². The molecule has 1 unspecified atom stereocenters. The molecule has 1 atom stereocenters. The molecule has 1 amide bonds. The Hall–Kier alpha value is -2.23. The van der Waals surface area contributed by atoms with Gasteiger partial charge < -0.3 is 10.1 Å². The Morgan fingerprint density at radius 2 is 2.00 bits per heavy atom. The molecule has 0 aliphatic rings. The van der Waals surface area contributed by atoms with Crippen LogP contribution in [0.15, 0.2) is 36.4 Å². The molecule has 25 heavy (non-hydrogen) atoms. The Bertz CT molecular complexity index is 822. The highest BCUT2D eigenvalue weighted by atomic mass is 35.5. The van der Waals surface area contributed by atoms with Gasteiger partial charge in [0.25, 0.3) is 17.2 Å². The number of carbonyl (C=O) groups excluding carboxylic acids is 1. The highest BCUT2D eigenvalue weighted by Crippen LogP contribution is 2.32. The van der Waals surface area contributed by atoms with Gasteiger partial charge in [0.2, 0.25) is 0 Å². The van der Waals surface area contributed by atoms with Crippen LogP contribution in [0.3, 0.4) is 0 Å². The Morgan fingerprint density at radius 3 is 2.56 bits per heavy atom. The molecule has 0 radical (unpaired) electrons. The Morgan fingerprint density at radius 1 is 1.28 bits per heavy atom. The van der Waals surface area contributed by atoms with E-state index in [1.54, 1.807) is 0 Å². The Balaban J connectivity index is 2.31. The summed E-state index contributed by atoms with van der Waals surface area (Å²) in [6, 6.07) is 6.74. The van der Waals surface area contributed by atoms with Crippen LogP contribution in [0.25, 0.3) is 0 Å². The van der Waals surface area contributed by atoms with Crippen LogP contribution in [0.4, 0.5) is 20.2 Å². The molecule has 134 valence electrons. The first-order valence-electron chi connectivity index (χ1n) is 6.76. The van der Waals surface area contributed by atoms with E-state index in [0.29, 0.717) is 0 Å². The average Bonchev–Trinajstić information content (AvgIpc) is 2.58. The van der Waals surface area contributed by atoms with Crippen molar-refractivity contribution in [3.8, 4) is 5.75 Å². The molecule has 2 aromatic carbocycles. The van der Waals surface area contributed by atoms with Crippen molar-refractivity contribution in [2.45, 2.75) is 0 Å². The van der Waals surface area contributed by atoms with E-state index < -0.39 is 28.8 Å². The van der Waals surface area contributed by atoms with E-state index in [4.69, 9.17) is 16.3 Å². The van der Waals surface area contributed by atoms with E-state index in [-0.39, 0.29) is 28.7 Å². The molecule has 6 nitrogen and oxygen atoms in total. The third kappa shape index (κ3) is 4.44. The number of methoxy groups -OCH3 is 1. The summed E-state index contributed by atoms with van der Waals surface area (Å²) in [7, 11) is 1.37. The van der Waals surface area contributed by atoms with Crippen molar-refractivity contribution in [2.24, 2.45) is 0 Å². The van der Waals surface area contributed by atoms with Gasteiger partial charge in [-0.1, -0.05) is 0 Å². The number of hydrogen-bond acceptors (Lipinski definition) is 3. The van der Waals surface area contributed by atoms with Gasteiger partial charge in [0.05, 0.1) is 12.8 Å². The topological polar surface area (TPSA) is 78.9 Å². The second kappa shape index (κ2) is 8.24. The summed E-state index contributed by atoms with van der Waals surface area (Å²) in [5.41, 5.74) is 0.323. The lowest BCUT2D eigenvalue weighted by Gasteiger charge is -2.20. The van der Waals surface area contributed by atoms with Crippen LogP contribution in [0.2, 0.25) is 0 Å². The molecule has 0 aliphatic carbocycles. The van der Waals surface area contributed by atoms with E-state index in [1.165, 1.54) is 25.3 Å².